The van der Waals surface area contributed by atoms with Gasteiger partial charge < -0.3 is 15.4 Å². The van der Waals surface area contributed by atoms with Gasteiger partial charge in [-0.25, -0.2) is 0 Å². The van der Waals surface area contributed by atoms with Crippen molar-refractivity contribution in [2.45, 2.75) is 26.4 Å². The molecule has 0 spiro atoms. The molecule has 0 saturated heterocycles. The molecule has 21 heavy (non-hydrogen) atoms. The van der Waals surface area contributed by atoms with Gasteiger partial charge in [0, 0.05) is 18.0 Å². The number of carbonyl (C=O) groups excluding carboxylic acids is 1. The lowest BCUT2D eigenvalue weighted by molar-refractivity contribution is -0.120. The van der Waals surface area contributed by atoms with E-state index in [1.807, 2.05) is 44.2 Å². The summed E-state index contributed by atoms with van der Waals surface area (Å²) < 4.78 is 5.38. The fourth-order valence-electron chi connectivity index (χ4n) is 2.35. The quantitative estimate of drug-likeness (QED) is 0.857. The molecule has 0 saturated carbocycles. The fraction of sp³-hybridized carbons (Fsp3) is 0.353. The Morgan fingerprint density at radius 1 is 1.14 bits per heavy atom. The third kappa shape index (κ3) is 3.95. The van der Waals surface area contributed by atoms with Crippen molar-refractivity contribution in [3.05, 3.63) is 42.0 Å². The largest absolute Gasteiger partial charge is 0.496 e. The van der Waals surface area contributed by atoms with E-state index in [-0.39, 0.29) is 11.9 Å². The highest BCUT2D eigenvalue weighted by Gasteiger charge is 2.07. The number of fused-ring (bicyclic) bond motifs is 1. The average molecular weight is 286 g/mol. The van der Waals surface area contributed by atoms with Crippen LogP contribution in [-0.4, -0.2) is 25.6 Å². The minimum atomic E-state index is 0.0165. The minimum absolute atomic E-state index is 0.0165. The Morgan fingerprint density at radius 3 is 2.52 bits per heavy atom. The summed E-state index contributed by atoms with van der Waals surface area (Å²) in [4.78, 5) is 11.6. The molecule has 0 radical (unpaired) electrons. The number of methoxy groups -OCH3 is 1. The van der Waals surface area contributed by atoms with Crippen LogP contribution in [0.1, 0.15) is 19.4 Å². The first-order valence-corrected chi connectivity index (χ1v) is 7.16. The molecule has 0 aliphatic heterocycles. The number of nitrogens with one attached hydrogen (secondary N) is 2. The van der Waals surface area contributed by atoms with E-state index in [0.717, 1.165) is 22.1 Å². The van der Waals surface area contributed by atoms with E-state index in [1.165, 1.54) is 0 Å². The summed E-state index contributed by atoms with van der Waals surface area (Å²) >= 11 is 0. The molecule has 2 aromatic rings. The van der Waals surface area contributed by atoms with Crippen LogP contribution in [0.2, 0.25) is 0 Å². The second-order valence-electron chi connectivity index (χ2n) is 5.30. The van der Waals surface area contributed by atoms with Crippen molar-refractivity contribution < 1.29 is 9.53 Å². The smallest absolute Gasteiger partial charge is 0.234 e. The molecule has 0 aliphatic carbocycles. The number of hydrogen-bond acceptors (Lipinski definition) is 3. The number of amides is 1. The number of carbonyl (C=O) groups is 1. The zero-order chi connectivity index (χ0) is 15.2. The molecule has 0 unspecified atom stereocenters. The van der Waals surface area contributed by atoms with Crippen molar-refractivity contribution in [3.8, 4) is 5.75 Å². The summed E-state index contributed by atoms with van der Waals surface area (Å²) in [6, 6.07) is 12.3. The Bertz CT molecular complexity index is 623. The van der Waals surface area contributed by atoms with Crippen LogP contribution in [-0.2, 0) is 11.3 Å². The van der Waals surface area contributed by atoms with Gasteiger partial charge in [0.15, 0.2) is 0 Å². The standard InChI is InChI=1S/C17H22N2O2/c1-12(2)19-17(20)11-18-10-13-8-9-16(21-3)15-7-5-4-6-14(13)15/h4-9,12,18H,10-11H2,1-3H3,(H,19,20). The Morgan fingerprint density at radius 2 is 1.86 bits per heavy atom. The molecule has 0 bridgehead atoms. The summed E-state index contributed by atoms with van der Waals surface area (Å²) in [5.74, 6) is 0.884. The van der Waals surface area contributed by atoms with Crippen molar-refractivity contribution in [1.82, 2.24) is 10.6 Å². The first-order valence-electron chi connectivity index (χ1n) is 7.16. The first-order chi connectivity index (χ1) is 10.1. The van der Waals surface area contributed by atoms with Crippen molar-refractivity contribution in [1.29, 1.82) is 0 Å². The van der Waals surface area contributed by atoms with Crippen molar-refractivity contribution in [2.24, 2.45) is 0 Å². The molecule has 0 atom stereocenters. The molecule has 2 rings (SSSR count). The lowest BCUT2D eigenvalue weighted by Crippen LogP contribution is -2.37. The van der Waals surface area contributed by atoms with E-state index >= 15 is 0 Å². The zero-order valence-electron chi connectivity index (χ0n) is 12.8. The number of rotatable bonds is 6. The van der Waals surface area contributed by atoms with E-state index in [0.29, 0.717) is 13.1 Å². The molecule has 0 fully saturated rings. The molecule has 112 valence electrons. The number of benzene rings is 2. The Balaban J connectivity index is 2.08. The van der Waals surface area contributed by atoms with Gasteiger partial charge in [0.1, 0.15) is 5.75 Å². The molecular formula is C17H22N2O2. The first kappa shape index (κ1) is 15.3. The van der Waals surface area contributed by atoms with Gasteiger partial charge in [-0.05, 0) is 30.9 Å². The van der Waals surface area contributed by atoms with Crippen LogP contribution < -0.4 is 15.4 Å². The molecule has 4 heteroatoms. The highest BCUT2D eigenvalue weighted by atomic mass is 16.5. The van der Waals surface area contributed by atoms with Gasteiger partial charge >= 0.3 is 0 Å². The lowest BCUT2D eigenvalue weighted by atomic mass is 10.0. The topological polar surface area (TPSA) is 50.4 Å². The monoisotopic (exact) mass is 286 g/mol. The van der Waals surface area contributed by atoms with E-state index in [2.05, 4.69) is 16.7 Å². The van der Waals surface area contributed by atoms with Gasteiger partial charge in [0.2, 0.25) is 5.91 Å². The lowest BCUT2D eigenvalue weighted by Gasteiger charge is -2.12. The normalized spacial score (nSPS) is 10.9. The summed E-state index contributed by atoms with van der Waals surface area (Å²) in [6.45, 7) is 4.87. The van der Waals surface area contributed by atoms with Crippen molar-refractivity contribution >= 4 is 16.7 Å². The Hall–Kier alpha value is -2.07. The molecule has 1 amide bonds. The van der Waals surface area contributed by atoms with E-state index < -0.39 is 0 Å². The zero-order valence-corrected chi connectivity index (χ0v) is 12.8. The summed E-state index contributed by atoms with van der Waals surface area (Å²) in [5, 5.41) is 8.28. The Labute approximate surface area is 125 Å². The maximum Gasteiger partial charge on any atom is 0.234 e. The molecule has 0 heterocycles. The van der Waals surface area contributed by atoms with Crippen LogP contribution in [0.5, 0.6) is 5.75 Å². The van der Waals surface area contributed by atoms with Crippen molar-refractivity contribution in [3.63, 3.8) is 0 Å². The molecule has 2 aromatic carbocycles. The number of hydrogen-bond donors (Lipinski definition) is 2. The van der Waals surface area contributed by atoms with Crippen LogP contribution >= 0.6 is 0 Å². The maximum atomic E-state index is 11.6. The second-order valence-corrected chi connectivity index (χ2v) is 5.30. The van der Waals surface area contributed by atoms with Gasteiger partial charge in [-0.3, -0.25) is 4.79 Å². The summed E-state index contributed by atoms with van der Waals surface area (Å²) in [6.07, 6.45) is 0. The SMILES string of the molecule is COc1ccc(CNCC(=O)NC(C)C)c2ccccc12. The molecule has 2 N–H and O–H groups in total. The third-order valence-corrected chi connectivity index (χ3v) is 3.24. The van der Waals surface area contributed by atoms with Crippen LogP contribution in [0.25, 0.3) is 10.8 Å². The summed E-state index contributed by atoms with van der Waals surface area (Å²) in [5.41, 5.74) is 1.16. The molecule has 0 aliphatic rings. The Kier molecular flexibility index (Phi) is 5.17. The highest BCUT2D eigenvalue weighted by molar-refractivity contribution is 5.91. The predicted octanol–water partition coefficient (Wildman–Crippen LogP) is 2.46. The average Bonchev–Trinajstić information content (AvgIpc) is 2.46. The van der Waals surface area contributed by atoms with Crippen LogP contribution in [0.15, 0.2) is 36.4 Å². The maximum absolute atomic E-state index is 11.6. The van der Waals surface area contributed by atoms with Crippen LogP contribution in [0.3, 0.4) is 0 Å². The molecule has 4 nitrogen and oxygen atoms in total. The number of ether oxygens (including phenoxy) is 1. The van der Waals surface area contributed by atoms with Gasteiger partial charge in [-0.15, -0.1) is 0 Å². The highest BCUT2D eigenvalue weighted by Crippen LogP contribution is 2.28. The molecule has 0 aromatic heterocycles. The van der Waals surface area contributed by atoms with Crippen LogP contribution in [0, 0.1) is 0 Å². The van der Waals surface area contributed by atoms with Crippen molar-refractivity contribution in [2.75, 3.05) is 13.7 Å². The minimum Gasteiger partial charge on any atom is -0.496 e. The second kappa shape index (κ2) is 7.09. The van der Waals surface area contributed by atoms with Gasteiger partial charge in [0.25, 0.3) is 0 Å². The van der Waals surface area contributed by atoms with Gasteiger partial charge in [0.05, 0.1) is 13.7 Å². The third-order valence-electron chi connectivity index (χ3n) is 3.24. The van der Waals surface area contributed by atoms with Gasteiger partial charge in [-0.2, -0.15) is 0 Å². The predicted molar refractivity (Wildman–Crippen MR) is 85.5 cm³/mol. The fourth-order valence-corrected chi connectivity index (χ4v) is 2.35. The van der Waals surface area contributed by atoms with Gasteiger partial charge in [-0.1, -0.05) is 30.3 Å². The summed E-state index contributed by atoms with van der Waals surface area (Å²) in [7, 11) is 1.68. The van der Waals surface area contributed by atoms with E-state index in [1.54, 1.807) is 7.11 Å². The van der Waals surface area contributed by atoms with E-state index in [4.69, 9.17) is 4.74 Å². The van der Waals surface area contributed by atoms with Crippen LogP contribution in [0.4, 0.5) is 0 Å². The van der Waals surface area contributed by atoms with E-state index in [9.17, 15) is 4.79 Å². The molecular weight excluding hydrogens is 264 g/mol.